The lowest BCUT2D eigenvalue weighted by molar-refractivity contribution is -0.136. The van der Waals surface area contributed by atoms with Gasteiger partial charge in [0.25, 0.3) is 0 Å². The molecule has 0 saturated carbocycles. The molecule has 1 atom stereocenters. The molecule has 2 aromatic rings. The Bertz CT molecular complexity index is 852. The van der Waals surface area contributed by atoms with E-state index in [1.54, 1.807) is 24.9 Å². The largest absolute Gasteiger partial charge is 0.454 e. The Morgan fingerprint density at radius 1 is 1.21 bits per heavy atom. The van der Waals surface area contributed by atoms with Crippen LogP contribution in [0.25, 0.3) is 6.08 Å². The molecular formula is C22H27NO4S. The van der Waals surface area contributed by atoms with Crippen molar-refractivity contribution in [2.24, 2.45) is 0 Å². The second kappa shape index (κ2) is 10.3. The van der Waals surface area contributed by atoms with E-state index >= 15 is 0 Å². The Morgan fingerprint density at radius 3 is 2.50 bits per heavy atom. The zero-order valence-corrected chi connectivity index (χ0v) is 17.8. The summed E-state index contributed by atoms with van der Waals surface area (Å²) in [4.78, 5) is 25.6. The van der Waals surface area contributed by atoms with Gasteiger partial charge >= 0.3 is 5.97 Å². The number of benzene rings is 1. The lowest BCUT2D eigenvalue weighted by Gasteiger charge is -2.17. The van der Waals surface area contributed by atoms with E-state index in [1.165, 1.54) is 6.08 Å². The first kappa shape index (κ1) is 22.0. The summed E-state index contributed by atoms with van der Waals surface area (Å²) < 4.78 is 12.4. The van der Waals surface area contributed by atoms with Crippen molar-refractivity contribution in [3.8, 4) is 0 Å². The third-order valence-electron chi connectivity index (χ3n) is 4.51. The van der Waals surface area contributed by atoms with Crippen molar-refractivity contribution in [3.05, 3.63) is 58.9 Å². The lowest BCUT2D eigenvalue weighted by atomic mass is 10.1. The first-order valence-electron chi connectivity index (χ1n) is 9.06. The van der Waals surface area contributed by atoms with Crippen LogP contribution in [0.1, 0.15) is 40.3 Å². The van der Waals surface area contributed by atoms with Gasteiger partial charge in [-0.3, -0.25) is 4.79 Å². The highest BCUT2D eigenvalue weighted by atomic mass is 32.2. The Morgan fingerprint density at radius 2 is 1.89 bits per heavy atom. The first-order chi connectivity index (χ1) is 13.4. The fourth-order valence-electron chi connectivity index (χ4n) is 3.20. The van der Waals surface area contributed by atoms with E-state index in [2.05, 4.69) is 4.57 Å². The highest BCUT2D eigenvalue weighted by Crippen LogP contribution is 2.21. The van der Waals surface area contributed by atoms with Crippen LogP contribution in [-0.2, 0) is 14.3 Å². The number of methoxy groups -OCH3 is 1. The fourth-order valence-corrected chi connectivity index (χ4v) is 3.60. The molecule has 0 unspecified atom stereocenters. The number of Topliss-reactive ketones (excluding diaryl/α,β-unsaturated/α-hetero) is 1. The molecule has 0 saturated heterocycles. The number of hydrogen-bond acceptors (Lipinski definition) is 5. The molecule has 1 aromatic heterocycles. The van der Waals surface area contributed by atoms with E-state index in [0.717, 1.165) is 21.8 Å². The van der Waals surface area contributed by atoms with Gasteiger partial charge in [0.15, 0.2) is 6.61 Å². The van der Waals surface area contributed by atoms with Gasteiger partial charge in [0.2, 0.25) is 5.78 Å². The van der Waals surface area contributed by atoms with E-state index in [4.69, 9.17) is 9.47 Å². The van der Waals surface area contributed by atoms with Crippen molar-refractivity contribution in [3.63, 3.8) is 0 Å². The maximum absolute atomic E-state index is 12.5. The van der Waals surface area contributed by atoms with Gasteiger partial charge in [-0.2, -0.15) is 0 Å². The van der Waals surface area contributed by atoms with Crippen LogP contribution >= 0.6 is 11.8 Å². The number of carbonyl (C=O) groups is 2. The van der Waals surface area contributed by atoms with Crippen LogP contribution in [0.4, 0.5) is 0 Å². The Hall–Kier alpha value is -2.31. The molecule has 1 heterocycles. The summed E-state index contributed by atoms with van der Waals surface area (Å²) in [6.45, 7) is 6.16. The molecule has 1 aromatic carbocycles. The number of esters is 1. The molecule has 0 aliphatic rings. The third-order valence-corrected chi connectivity index (χ3v) is 5.25. The van der Waals surface area contributed by atoms with Gasteiger partial charge < -0.3 is 14.0 Å². The molecule has 6 heteroatoms. The van der Waals surface area contributed by atoms with Crippen molar-refractivity contribution in [2.75, 3.05) is 26.6 Å². The molecule has 28 heavy (non-hydrogen) atoms. The molecule has 0 aliphatic heterocycles. The summed E-state index contributed by atoms with van der Waals surface area (Å²) in [6.07, 6.45) is 5.02. The Balaban J connectivity index is 1.96. The van der Waals surface area contributed by atoms with Crippen LogP contribution in [0.5, 0.6) is 0 Å². The summed E-state index contributed by atoms with van der Waals surface area (Å²) in [5.41, 5.74) is 3.31. The quantitative estimate of drug-likeness (QED) is 0.268. The molecule has 150 valence electrons. The number of thioether (sulfide) groups is 1. The topological polar surface area (TPSA) is 57.5 Å². The number of rotatable bonds is 9. The number of nitrogens with zero attached hydrogens (tertiary/aromatic N) is 1. The number of aryl methyl sites for hydroxylation is 1. The normalized spacial score (nSPS) is 12.3. The van der Waals surface area contributed by atoms with Crippen LogP contribution in [0.3, 0.4) is 0 Å². The number of aromatic nitrogens is 1. The first-order valence-corrected chi connectivity index (χ1v) is 10.3. The molecule has 5 nitrogen and oxygen atoms in total. The average molecular weight is 402 g/mol. The van der Waals surface area contributed by atoms with Crippen LogP contribution in [-0.4, -0.2) is 42.9 Å². The lowest BCUT2D eigenvalue weighted by Crippen LogP contribution is -2.16. The smallest absolute Gasteiger partial charge is 0.331 e. The van der Waals surface area contributed by atoms with Crippen molar-refractivity contribution in [2.45, 2.75) is 31.7 Å². The zero-order valence-electron chi connectivity index (χ0n) is 17.0. The summed E-state index contributed by atoms with van der Waals surface area (Å²) in [5.74, 6) is -0.751. The molecule has 0 amide bonds. The van der Waals surface area contributed by atoms with Gasteiger partial charge in [-0.1, -0.05) is 12.1 Å². The average Bonchev–Trinajstić information content (AvgIpc) is 2.99. The van der Waals surface area contributed by atoms with Crippen molar-refractivity contribution in [1.29, 1.82) is 0 Å². The molecule has 0 aliphatic carbocycles. The van der Waals surface area contributed by atoms with Crippen LogP contribution in [0.15, 0.2) is 41.3 Å². The summed E-state index contributed by atoms with van der Waals surface area (Å²) in [6, 6.07) is 9.78. The fraction of sp³-hybridized carbons (Fsp3) is 0.364. The second-order valence-corrected chi connectivity index (χ2v) is 7.48. The van der Waals surface area contributed by atoms with E-state index in [0.29, 0.717) is 12.2 Å². The summed E-state index contributed by atoms with van der Waals surface area (Å²) in [5, 5.41) is 0. The van der Waals surface area contributed by atoms with Crippen LogP contribution in [0, 0.1) is 13.8 Å². The predicted octanol–water partition coefficient (Wildman–Crippen LogP) is 4.47. The summed E-state index contributed by atoms with van der Waals surface area (Å²) >= 11 is 1.66. The minimum Gasteiger partial charge on any atom is -0.454 e. The monoisotopic (exact) mass is 401 g/mol. The predicted molar refractivity (Wildman–Crippen MR) is 113 cm³/mol. The van der Waals surface area contributed by atoms with Gasteiger partial charge in [-0.05, 0) is 56.9 Å². The number of hydrogen-bond donors (Lipinski definition) is 0. The van der Waals surface area contributed by atoms with E-state index in [-0.39, 0.29) is 18.4 Å². The maximum Gasteiger partial charge on any atom is 0.331 e. The number of ketones is 1. The standard InChI is InChI=1S/C22H27NO4S/c1-15-12-20(17(3)23(15)16(2)13-26-4)21(24)14-27-22(25)11-8-18-6-9-19(28-5)10-7-18/h6-12,16H,13-14H2,1-5H3/b11-8+/t16-/m0/s1. The van der Waals surface area contributed by atoms with E-state index in [1.807, 2.05) is 57.4 Å². The Kier molecular flexibility index (Phi) is 8.08. The van der Waals surface area contributed by atoms with Gasteiger partial charge in [0, 0.05) is 35.0 Å². The molecule has 0 fully saturated rings. The van der Waals surface area contributed by atoms with Gasteiger partial charge in [-0.25, -0.2) is 4.79 Å². The van der Waals surface area contributed by atoms with E-state index < -0.39 is 5.97 Å². The Labute approximate surface area is 170 Å². The van der Waals surface area contributed by atoms with Crippen LogP contribution in [0.2, 0.25) is 0 Å². The third kappa shape index (κ3) is 5.59. The summed E-state index contributed by atoms with van der Waals surface area (Å²) in [7, 11) is 1.65. The zero-order chi connectivity index (χ0) is 20.7. The van der Waals surface area contributed by atoms with Crippen molar-refractivity contribution in [1.82, 2.24) is 4.57 Å². The molecule has 0 bridgehead atoms. The number of ether oxygens (including phenoxy) is 2. The van der Waals surface area contributed by atoms with Crippen LogP contribution < -0.4 is 0 Å². The molecule has 0 radical (unpaired) electrons. The second-order valence-electron chi connectivity index (χ2n) is 6.60. The molecule has 0 N–H and O–H groups in total. The van der Waals surface area contributed by atoms with Gasteiger partial charge in [0.1, 0.15) is 0 Å². The van der Waals surface area contributed by atoms with Gasteiger partial charge in [0.05, 0.1) is 12.6 Å². The molecule has 2 rings (SSSR count). The molecule has 0 spiro atoms. The minimum atomic E-state index is -0.538. The van der Waals surface area contributed by atoms with Crippen molar-refractivity contribution >= 4 is 29.6 Å². The van der Waals surface area contributed by atoms with Gasteiger partial charge in [-0.15, -0.1) is 11.8 Å². The number of carbonyl (C=O) groups excluding carboxylic acids is 2. The maximum atomic E-state index is 12.5. The van der Waals surface area contributed by atoms with E-state index in [9.17, 15) is 9.59 Å². The highest BCUT2D eigenvalue weighted by molar-refractivity contribution is 7.98. The minimum absolute atomic E-state index is 0.120. The van der Waals surface area contributed by atoms with Crippen molar-refractivity contribution < 1.29 is 19.1 Å². The SMILES string of the molecule is COC[C@H](C)n1c(C)cc(C(=O)COC(=O)/C=C/c2ccc(SC)cc2)c1C. The highest BCUT2D eigenvalue weighted by Gasteiger charge is 2.19. The molecular weight excluding hydrogens is 374 g/mol.